The number of carbonyl (C=O) groups is 1. The summed E-state index contributed by atoms with van der Waals surface area (Å²) in [7, 11) is 1.81. The Labute approximate surface area is 230 Å². The lowest BCUT2D eigenvalue weighted by atomic mass is 10.1. The standard InChI is InChI=1S/C30H43N7O2/c1-21(2)11-17-35(18-12-22(3)4)28(38)23-9-10-25-26(19-23)36(16-8-15-34-13-6-7-14-34)30-32-27-24(20-31-33(27)5)29(39)37(25)30/h9-10,19-22H,6-8,11-18H2,1-5H3. The summed E-state index contributed by atoms with van der Waals surface area (Å²) in [5.41, 5.74) is 2.77. The van der Waals surface area contributed by atoms with Crippen molar-refractivity contribution in [2.24, 2.45) is 18.9 Å². The van der Waals surface area contributed by atoms with Crippen LogP contribution < -0.4 is 5.56 Å². The molecule has 9 heteroatoms. The summed E-state index contributed by atoms with van der Waals surface area (Å²) in [6, 6.07) is 5.76. The van der Waals surface area contributed by atoms with Crippen LogP contribution >= 0.6 is 0 Å². The molecule has 1 fully saturated rings. The van der Waals surface area contributed by atoms with Crippen LogP contribution in [0.1, 0.15) is 70.2 Å². The summed E-state index contributed by atoms with van der Waals surface area (Å²) in [6.07, 6.45) is 7.02. The van der Waals surface area contributed by atoms with Gasteiger partial charge >= 0.3 is 0 Å². The van der Waals surface area contributed by atoms with Crippen molar-refractivity contribution in [3.05, 3.63) is 40.3 Å². The summed E-state index contributed by atoms with van der Waals surface area (Å²) in [5.74, 6) is 1.72. The number of rotatable bonds is 11. The second kappa shape index (κ2) is 11.5. The van der Waals surface area contributed by atoms with Crippen molar-refractivity contribution in [1.82, 2.24) is 33.5 Å². The number of hydrogen-bond donors (Lipinski definition) is 0. The zero-order valence-electron chi connectivity index (χ0n) is 24.2. The minimum atomic E-state index is -0.124. The van der Waals surface area contributed by atoms with E-state index in [1.165, 1.54) is 12.8 Å². The van der Waals surface area contributed by atoms with Gasteiger partial charge in [0.25, 0.3) is 11.5 Å². The largest absolute Gasteiger partial charge is 0.339 e. The van der Waals surface area contributed by atoms with Gasteiger partial charge < -0.3 is 14.4 Å². The molecule has 0 saturated carbocycles. The van der Waals surface area contributed by atoms with Crippen molar-refractivity contribution < 1.29 is 4.79 Å². The van der Waals surface area contributed by atoms with Gasteiger partial charge in [0, 0.05) is 32.2 Å². The van der Waals surface area contributed by atoms with E-state index in [4.69, 9.17) is 4.98 Å². The highest BCUT2D eigenvalue weighted by atomic mass is 16.2. The molecule has 0 radical (unpaired) electrons. The van der Waals surface area contributed by atoms with Crippen LogP contribution in [0.25, 0.3) is 27.8 Å². The molecule has 1 amide bonds. The first kappa shape index (κ1) is 27.4. The van der Waals surface area contributed by atoms with E-state index in [0.29, 0.717) is 34.2 Å². The predicted molar refractivity (Wildman–Crippen MR) is 156 cm³/mol. The van der Waals surface area contributed by atoms with Crippen LogP contribution in [-0.2, 0) is 13.6 Å². The molecule has 0 unspecified atom stereocenters. The molecule has 4 aromatic rings. The van der Waals surface area contributed by atoms with Crippen LogP contribution in [0.4, 0.5) is 0 Å². The van der Waals surface area contributed by atoms with Crippen molar-refractivity contribution in [2.45, 2.75) is 66.3 Å². The van der Waals surface area contributed by atoms with Gasteiger partial charge in [0.1, 0.15) is 5.39 Å². The lowest BCUT2D eigenvalue weighted by Crippen LogP contribution is -2.34. The maximum Gasteiger partial charge on any atom is 0.270 e. The number of hydrogen-bond acceptors (Lipinski definition) is 5. The third kappa shape index (κ3) is 5.60. The zero-order valence-corrected chi connectivity index (χ0v) is 24.2. The molecule has 0 atom stereocenters. The van der Waals surface area contributed by atoms with E-state index in [2.05, 4.69) is 42.3 Å². The summed E-state index contributed by atoms with van der Waals surface area (Å²) in [4.78, 5) is 36.8. The molecule has 4 heterocycles. The normalized spacial score (nSPS) is 14.6. The Hall–Kier alpha value is -3.20. The number of likely N-dealkylation sites (tertiary alicyclic amines) is 1. The van der Waals surface area contributed by atoms with Crippen molar-refractivity contribution >= 4 is 33.8 Å². The summed E-state index contributed by atoms with van der Waals surface area (Å²) in [6.45, 7) is 14.3. The van der Waals surface area contributed by atoms with Gasteiger partial charge in [0.15, 0.2) is 5.65 Å². The SMILES string of the molecule is CC(C)CCN(CCC(C)C)C(=O)c1ccc2c(c1)n(CCCN1CCCC1)c1nc3c(cnn3C)c(=O)n21. The Bertz CT molecular complexity index is 1510. The third-order valence-electron chi connectivity index (χ3n) is 8.04. The molecule has 39 heavy (non-hydrogen) atoms. The molecular weight excluding hydrogens is 490 g/mol. The minimum absolute atomic E-state index is 0.0572. The fourth-order valence-electron chi connectivity index (χ4n) is 5.64. The lowest BCUT2D eigenvalue weighted by molar-refractivity contribution is 0.0741. The molecule has 0 bridgehead atoms. The van der Waals surface area contributed by atoms with E-state index in [1.807, 2.05) is 30.1 Å². The van der Waals surface area contributed by atoms with Gasteiger partial charge in [-0.25, -0.2) is 4.40 Å². The second-order valence-corrected chi connectivity index (χ2v) is 12.0. The van der Waals surface area contributed by atoms with E-state index < -0.39 is 0 Å². The number of imidazole rings is 1. The van der Waals surface area contributed by atoms with E-state index in [-0.39, 0.29) is 11.5 Å². The Morgan fingerprint density at radius 2 is 1.69 bits per heavy atom. The predicted octanol–water partition coefficient (Wildman–Crippen LogP) is 4.56. The van der Waals surface area contributed by atoms with Crippen molar-refractivity contribution in [1.29, 1.82) is 0 Å². The van der Waals surface area contributed by atoms with E-state index in [9.17, 15) is 9.59 Å². The monoisotopic (exact) mass is 533 g/mol. The van der Waals surface area contributed by atoms with E-state index in [1.54, 1.807) is 15.3 Å². The lowest BCUT2D eigenvalue weighted by Gasteiger charge is -2.24. The van der Waals surface area contributed by atoms with Gasteiger partial charge in [0.2, 0.25) is 5.78 Å². The Morgan fingerprint density at radius 3 is 2.36 bits per heavy atom. The quantitative estimate of drug-likeness (QED) is 0.282. The highest BCUT2D eigenvalue weighted by Crippen LogP contribution is 2.24. The smallest absolute Gasteiger partial charge is 0.270 e. The Kier molecular flexibility index (Phi) is 8.07. The van der Waals surface area contributed by atoms with E-state index >= 15 is 0 Å². The van der Waals surface area contributed by atoms with Crippen LogP contribution in [0.5, 0.6) is 0 Å². The molecule has 0 N–H and O–H groups in total. The first-order chi connectivity index (χ1) is 18.7. The van der Waals surface area contributed by atoms with Gasteiger partial charge in [-0.15, -0.1) is 0 Å². The van der Waals surface area contributed by atoms with Crippen molar-refractivity contribution in [3.8, 4) is 0 Å². The number of aryl methyl sites for hydroxylation is 2. The number of fused-ring (bicyclic) bond motifs is 4. The molecular formula is C30H43N7O2. The number of carbonyl (C=O) groups excluding carboxylic acids is 1. The number of nitrogens with zero attached hydrogens (tertiary/aromatic N) is 7. The molecule has 0 aliphatic carbocycles. The molecule has 1 aliphatic rings. The maximum atomic E-state index is 13.8. The number of benzene rings is 1. The van der Waals surface area contributed by atoms with Crippen molar-refractivity contribution in [2.75, 3.05) is 32.7 Å². The van der Waals surface area contributed by atoms with Gasteiger partial charge in [-0.05, 0) is 81.8 Å². The molecule has 210 valence electrons. The molecule has 3 aromatic heterocycles. The van der Waals surface area contributed by atoms with Gasteiger partial charge in [-0.1, -0.05) is 27.7 Å². The number of aromatic nitrogens is 5. The van der Waals surface area contributed by atoms with Gasteiger partial charge in [-0.3, -0.25) is 14.3 Å². The van der Waals surface area contributed by atoms with Gasteiger partial charge in [-0.2, -0.15) is 10.1 Å². The fraction of sp³-hybridized carbons (Fsp3) is 0.600. The first-order valence-electron chi connectivity index (χ1n) is 14.6. The molecule has 1 aromatic carbocycles. The summed E-state index contributed by atoms with van der Waals surface area (Å²) in [5, 5.41) is 4.77. The zero-order chi connectivity index (χ0) is 27.7. The van der Waals surface area contributed by atoms with Crippen LogP contribution in [0.3, 0.4) is 0 Å². The fourth-order valence-corrected chi connectivity index (χ4v) is 5.64. The topological polar surface area (TPSA) is 80.7 Å². The Balaban J connectivity index is 1.57. The average Bonchev–Trinajstić information content (AvgIpc) is 3.62. The molecule has 9 nitrogen and oxygen atoms in total. The minimum Gasteiger partial charge on any atom is -0.339 e. The second-order valence-electron chi connectivity index (χ2n) is 12.0. The Morgan fingerprint density at radius 1 is 1.00 bits per heavy atom. The first-order valence-corrected chi connectivity index (χ1v) is 14.6. The summed E-state index contributed by atoms with van der Waals surface area (Å²) < 4.78 is 5.47. The average molecular weight is 534 g/mol. The van der Waals surface area contributed by atoms with Gasteiger partial charge in [0.05, 0.1) is 17.2 Å². The maximum absolute atomic E-state index is 13.8. The molecule has 1 aliphatic heterocycles. The van der Waals surface area contributed by atoms with Crippen LogP contribution in [0.15, 0.2) is 29.2 Å². The number of amides is 1. The van der Waals surface area contributed by atoms with Crippen LogP contribution in [0.2, 0.25) is 0 Å². The summed E-state index contributed by atoms with van der Waals surface area (Å²) >= 11 is 0. The van der Waals surface area contributed by atoms with E-state index in [0.717, 1.165) is 69.6 Å². The highest BCUT2D eigenvalue weighted by Gasteiger charge is 2.22. The molecule has 0 spiro atoms. The molecule has 5 rings (SSSR count). The highest BCUT2D eigenvalue weighted by molar-refractivity contribution is 5.98. The van der Waals surface area contributed by atoms with Crippen LogP contribution in [-0.4, -0.2) is 72.2 Å². The van der Waals surface area contributed by atoms with Crippen molar-refractivity contribution in [3.63, 3.8) is 0 Å². The third-order valence-corrected chi connectivity index (χ3v) is 8.04. The van der Waals surface area contributed by atoms with Crippen LogP contribution in [0, 0.1) is 11.8 Å². The molecule has 1 saturated heterocycles.